The second-order valence-corrected chi connectivity index (χ2v) is 4.65. The summed E-state index contributed by atoms with van der Waals surface area (Å²) in [5, 5.41) is 3.44. The van der Waals surface area contributed by atoms with Crippen molar-refractivity contribution < 1.29 is 0 Å². The first-order valence-electron chi connectivity index (χ1n) is 5.72. The first-order valence-corrected chi connectivity index (χ1v) is 5.72. The average Bonchev–Trinajstić information content (AvgIpc) is 2.24. The molecule has 0 bridgehead atoms. The van der Waals surface area contributed by atoms with Crippen LogP contribution in [0.1, 0.15) is 19.4 Å². The van der Waals surface area contributed by atoms with Crippen molar-refractivity contribution in [2.24, 2.45) is 5.92 Å². The van der Waals surface area contributed by atoms with Gasteiger partial charge in [0.1, 0.15) is 6.33 Å². The lowest BCUT2D eigenvalue weighted by atomic mass is 10.0. The highest BCUT2D eigenvalue weighted by Crippen LogP contribution is 2.06. The minimum absolute atomic E-state index is 0.560. The Morgan fingerprint density at radius 2 is 1.88 bits per heavy atom. The summed E-state index contributed by atoms with van der Waals surface area (Å²) in [7, 11) is 4.25. The third-order valence-electron chi connectivity index (χ3n) is 2.73. The molecule has 0 aliphatic rings. The summed E-state index contributed by atoms with van der Waals surface area (Å²) < 4.78 is 0. The van der Waals surface area contributed by atoms with Crippen LogP contribution in [-0.2, 0) is 6.54 Å². The average molecular weight is 222 g/mol. The summed E-state index contributed by atoms with van der Waals surface area (Å²) in [6, 6.07) is 0.560. The van der Waals surface area contributed by atoms with Gasteiger partial charge in [-0.3, -0.25) is 0 Å². The molecule has 90 valence electrons. The molecule has 0 amide bonds. The van der Waals surface area contributed by atoms with E-state index in [-0.39, 0.29) is 0 Å². The van der Waals surface area contributed by atoms with Crippen LogP contribution in [0.3, 0.4) is 0 Å². The molecule has 0 fully saturated rings. The van der Waals surface area contributed by atoms with Gasteiger partial charge in [-0.15, -0.1) is 0 Å². The van der Waals surface area contributed by atoms with Gasteiger partial charge in [0, 0.05) is 37.1 Å². The fourth-order valence-electron chi connectivity index (χ4n) is 1.80. The van der Waals surface area contributed by atoms with Gasteiger partial charge in [0.2, 0.25) is 0 Å². The van der Waals surface area contributed by atoms with Crippen LogP contribution in [0.25, 0.3) is 0 Å². The first kappa shape index (κ1) is 13.1. The Morgan fingerprint density at radius 3 is 2.38 bits per heavy atom. The molecule has 1 N–H and O–H groups in total. The predicted octanol–water partition coefficient (Wildman–Crippen LogP) is 1.15. The molecule has 4 nitrogen and oxygen atoms in total. The number of hydrogen-bond donors (Lipinski definition) is 1. The number of aromatic nitrogens is 2. The monoisotopic (exact) mass is 222 g/mol. The third-order valence-corrected chi connectivity index (χ3v) is 2.73. The molecule has 0 saturated carbocycles. The molecule has 4 heteroatoms. The van der Waals surface area contributed by atoms with E-state index in [1.54, 1.807) is 6.33 Å². The molecule has 0 saturated heterocycles. The molecule has 0 spiro atoms. The summed E-state index contributed by atoms with van der Waals surface area (Å²) in [4.78, 5) is 10.2. The molecule has 1 aromatic rings. The molecule has 0 aliphatic heterocycles. The topological polar surface area (TPSA) is 41.1 Å². The highest BCUT2D eigenvalue weighted by atomic mass is 15.1. The molecule has 0 aliphatic carbocycles. The number of likely N-dealkylation sites (N-methyl/N-ethyl adjacent to an activating group) is 1. The summed E-state index contributed by atoms with van der Waals surface area (Å²) in [6.07, 6.45) is 5.25. The molecule has 1 unspecified atom stereocenters. The van der Waals surface area contributed by atoms with Gasteiger partial charge in [-0.2, -0.15) is 0 Å². The molecule has 1 atom stereocenters. The van der Waals surface area contributed by atoms with Crippen LogP contribution >= 0.6 is 0 Å². The zero-order chi connectivity index (χ0) is 12.0. The summed E-state index contributed by atoms with van der Waals surface area (Å²) in [5.74, 6) is 0.648. The lowest BCUT2D eigenvalue weighted by Gasteiger charge is -2.28. The van der Waals surface area contributed by atoms with Gasteiger partial charge < -0.3 is 10.2 Å². The summed E-state index contributed by atoms with van der Waals surface area (Å²) in [5.41, 5.74) is 1.13. The fraction of sp³-hybridized carbons (Fsp3) is 0.667. The van der Waals surface area contributed by atoms with Crippen molar-refractivity contribution in [3.8, 4) is 0 Å². The third kappa shape index (κ3) is 4.24. The fourth-order valence-corrected chi connectivity index (χ4v) is 1.80. The van der Waals surface area contributed by atoms with Crippen LogP contribution in [0.5, 0.6) is 0 Å². The molecule has 0 aromatic carbocycles. The van der Waals surface area contributed by atoms with Crippen LogP contribution in [0.15, 0.2) is 18.7 Å². The lowest BCUT2D eigenvalue weighted by Crippen LogP contribution is -2.41. The Balaban J connectivity index is 2.34. The highest BCUT2D eigenvalue weighted by molar-refractivity contribution is 5.01. The van der Waals surface area contributed by atoms with E-state index in [0.717, 1.165) is 18.7 Å². The first-order chi connectivity index (χ1) is 7.61. The predicted molar refractivity (Wildman–Crippen MR) is 66.1 cm³/mol. The van der Waals surface area contributed by atoms with Crippen LogP contribution in [0, 0.1) is 5.92 Å². The molecule has 1 aromatic heterocycles. The molecule has 0 radical (unpaired) electrons. The number of nitrogens with one attached hydrogen (secondary N) is 1. The van der Waals surface area contributed by atoms with E-state index in [4.69, 9.17) is 0 Å². The van der Waals surface area contributed by atoms with Gasteiger partial charge >= 0.3 is 0 Å². The minimum Gasteiger partial charge on any atom is -0.311 e. The van der Waals surface area contributed by atoms with Crippen molar-refractivity contribution in [3.05, 3.63) is 24.3 Å². The second kappa shape index (κ2) is 6.55. The van der Waals surface area contributed by atoms with Crippen LogP contribution in [0.4, 0.5) is 0 Å². The van der Waals surface area contributed by atoms with Crippen LogP contribution in [-0.4, -0.2) is 41.5 Å². The van der Waals surface area contributed by atoms with Gasteiger partial charge in [0.25, 0.3) is 0 Å². The van der Waals surface area contributed by atoms with Gasteiger partial charge in [0.05, 0.1) is 0 Å². The van der Waals surface area contributed by atoms with Crippen molar-refractivity contribution in [2.75, 3.05) is 20.6 Å². The molecular formula is C12H22N4. The molecular weight excluding hydrogens is 200 g/mol. The van der Waals surface area contributed by atoms with Crippen molar-refractivity contribution in [2.45, 2.75) is 26.4 Å². The van der Waals surface area contributed by atoms with E-state index < -0.39 is 0 Å². The number of rotatable bonds is 6. The van der Waals surface area contributed by atoms with E-state index in [0.29, 0.717) is 12.0 Å². The standard InChI is InChI=1S/C12H22N4/c1-10(2)12(16(3)4)8-13-5-11-6-14-9-15-7-11/h6-7,9-10,12-13H,5,8H2,1-4H3. The lowest BCUT2D eigenvalue weighted by molar-refractivity contribution is 0.224. The Labute approximate surface area is 98.1 Å². The number of nitrogens with zero attached hydrogens (tertiary/aromatic N) is 3. The SMILES string of the molecule is CC(C)C(CNCc1cncnc1)N(C)C. The van der Waals surface area contributed by atoms with Gasteiger partial charge in [-0.1, -0.05) is 13.8 Å². The molecule has 1 rings (SSSR count). The van der Waals surface area contributed by atoms with Gasteiger partial charge in [-0.05, 0) is 20.0 Å². The van der Waals surface area contributed by atoms with Crippen molar-refractivity contribution in [3.63, 3.8) is 0 Å². The van der Waals surface area contributed by atoms with E-state index in [1.165, 1.54) is 0 Å². The van der Waals surface area contributed by atoms with Gasteiger partial charge in [0.15, 0.2) is 0 Å². The molecule has 16 heavy (non-hydrogen) atoms. The Hall–Kier alpha value is -1.00. The Kier molecular flexibility index (Phi) is 5.35. The Bertz CT molecular complexity index is 276. The maximum absolute atomic E-state index is 3.99. The van der Waals surface area contributed by atoms with Crippen LogP contribution in [0.2, 0.25) is 0 Å². The maximum atomic E-state index is 3.99. The smallest absolute Gasteiger partial charge is 0.115 e. The van der Waals surface area contributed by atoms with E-state index >= 15 is 0 Å². The molecule has 1 heterocycles. The maximum Gasteiger partial charge on any atom is 0.115 e. The van der Waals surface area contributed by atoms with Crippen molar-refractivity contribution in [1.29, 1.82) is 0 Å². The van der Waals surface area contributed by atoms with Gasteiger partial charge in [-0.25, -0.2) is 9.97 Å². The zero-order valence-electron chi connectivity index (χ0n) is 10.6. The largest absolute Gasteiger partial charge is 0.311 e. The second-order valence-electron chi connectivity index (χ2n) is 4.65. The quantitative estimate of drug-likeness (QED) is 0.784. The zero-order valence-corrected chi connectivity index (χ0v) is 10.6. The van der Waals surface area contributed by atoms with Crippen LogP contribution < -0.4 is 5.32 Å². The minimum atomic E-state index is 0.560. The number of hydrogen-bond acceptors (Lipinski definition) is 4. The van der Waals surface area contributed by atoms with Crippen molar-refractivity contribution in [1.82, 2.24) is 20.2 Å². The normalized spacial score (nSPS) is 13.4. The van der Waals surface area contributed by atoms with E-state index in [1.807, 2.05) is 12.4 Å². The van der Waals surface area contributed by atoms with E-state index in [2.05, 4.69) is 48.1 Å². The highest BCUT2D eigenvalue weighted by Gasteiger charge is 2.14. The Morgan fingerprint density at radius 1 is 1.25 bits per heavy atom. The summed E-state index contributed by atoms with van der Waals surface area (Å²) >= 11 is 0. The van der Waals surface area contributed by atoms with E-state index in [9.17, 15) is 0 Å². The summed E-state index contributed by atoms with van der Waals surface area (Å²) in [6.45, 7) is 6.31. The van der Waals surface area contributed by atoms with Crippen molar-refractivity contribution >= 4 is 0 Å².